The second-order valence-corrected chi connectivity index (χ2v) is 4.55. The van der Waals surface area contributed by atoms with Gasteiger partial charge in [0.1, 0.15) is 0 Å². The number of carbonyl (C=O) groups is 2. The summed E-state index contributed by atoms with van der Waals surface area (Å²) in [5, 5.41) is 41.7. The van der Waals surface area contributed by atoms with Gasteiger partial charge in [-0.2, -0.15) is 0 Å². The zero-order valence-electron chi connectivity index (χ0n) is 15.2. The van der Waals surface area contributed by atoms with E-state index in [1.807, 2.05) is 20.8 Å². The molecule has 0 saturated heterocycles. The highest BCUT2D eigenvalue weighted by Crippen LogP contribution is 1.96. The number of hydrogen-bond acceptors (Lipinski definition) is 7. The first-order chi connectivity index (χ1) is 11.5. The van der Waals surface area contributed by atoms with Crippen molar-refractivity contribution < 1.29 is 30.0 Å². The van der Waals surface area contributed by atoms with Crippen molar-refractivity contribution in [1.82, 2.24) is 16.0 Å². The summed E-state index contributed by atoms with van der Waals surface area (Å²) in [6.07, 6.45) is 2.09. The van der Waals surface area contributed by atoms with E-state index in [1.165, 1.54) is 0 Å². The summed E-state index contributed by atoms with van der Waals surface area (Å²) in [4.78, 5) is 21.1. The molecule has 0 rings (SSSR count). The van der Waals surface area contributed by atoms with Crippen molar-refractivity contribution in [1.29, 1.82) is 0 Å². The van der Waals surface area contributed by atoms with E-state index < -0.39 is 12.1 Å². The minimum Gasteiger partial charge on any atom is -0.394 e. The average molecular weight is 353 g/mol. The third kappa shape index (κ3) is 15.6. The number of carbonyl (C=O) groups excluding carboxylic acids is 2. The number of amides is 2. The van der Waals surface area contributed by atoms with Crippen molar-refractivity contribution in [2.45, 2.75) is 51.7 Å². The lowest BCUT2D eigenvalue weighted by molar-refractivity contribution is -0.124. The molecule has 0 aliphatic carbocycles. The molecule has 1 unspecified atom stereocenters. The number of aliphatic hydroxyl groups is 4. The molecule has 0 saturated carbocycles. The van der Waals surface area contributed by atoms with Crippen molar-refractivity contribution in [3.05, 3.63) is 0 Å². The fraction of sp³-hybridized carbons (Fsp3) is 0.867. The van der Waals surface area contributed by atoms with E-state index in [1.54, 1.807) is 7.05 Å². The third-order valence-corrected chi connectivity index (χ3v) is 2.77. The molecule has 0 aromatic heterocycles. The van der Waals surface area contributed by atoms with Gasteiger partial charge in [-0.3, -0.25) is 9.59 Å². The summed E-state index contributed by atoms with van der Waals surface area (Å²) in [5.74, 6) is -0.178. The van der Waals surface area contributed by atoms with Gasteiger partial charge in [0.15, 0.2) is 0 Å². The van der Waals surface area contributed by atoms with Gasteiger partial charge in [0.05, 0.1) is 44.6 Å². The Hall–Kier alpha value is -1.26. The predicted molar refractivity (Wildman–Crippen MR) is 92.4 cm³/mol. The Kier molecular flexibility index (Phi) is 25.0. The lowest BCUT2D eigenvalue weighted by atomic mass is 10.1. The van der Waals surface area contributed by atoms with Crippen LogP contribution in [0.4, 0.5) is 0 Å². The van der Waals surface area contributed by atoms with Crippen LogP contribution < -0.4 is 16.0 Å². The SMILES string of the molecule is CC.CCCC(NC)C(=O)NC(CO)CO.O=CNC(CO)CO. The summed E-state index contributed by atoms with van der Waals surface area (Å²) in [5.41, 5.74) is 0. The lowest BCUT2D eigenvalue weighted by Gasteiger charge is -2.19. The zero-order valence-corrected chi connectivity index (χ0v) is 15.2. The molecular weight excluding hydrogens is 318 g/mol. The highest BCUT2D eigenvalue weighted by Gasteiger charge is 2.18. The van der Waals surface area contributed by atoms with Gasteiger partial charge in [0, 0.05) is 0 Å². The van der Waals surface area contributed by atoms with Crippen molar-refractivity contribution in [2.75, 3.05) is 33.5 Å². The van der Waals surface area contributed by atoms with Crippen molar-refractivity contribution in [3.8, 4) is 0 Å². The topological polar surface area (TPSA) is 151 Å². The molecular formula is C15H35N3O6. The molecule has 24 heavy (non-hydrogen) atoms. The monoisotopic (exact) mass is 353 g/mol. The van der Waals surface area contributed by atoms with E-state index in [9.17, 15) is 9.59 Å². The normalized spacial score (nSPS) is 10.9. The third-order valence-electron chi connectivity index (χ3n) is 2.77. The van der Waals surface area contributed by atoms with Crippen LogP contribution in [0.3, 0.4) is 0 Å². The van der Waals surface area contributed by atoms with Crippen LogP contribution in [0.1, 0.15) is 33.6 Å². The van der Waals surface area contributed by atoms with Crippen LogP contribution in [0, 0.1) is 0 Å². The van der Waals surface area contributed by atoms with E-state index in [0.29, 0.717) is 6.41 Å². The van der Waals surface area contributed by atoms with Crippen LogP contribution in [-0.4, -0.2) is 84.3 Å². The van der Waals surface area contributed by atoms with Crippen LogP contribution in [0.5, 0.6) is 0 Å². The van der Waals surface area contributed by atoms with Gasteiger partial charge < -0.3 is 36.4 Å². The van der Waals surface area contributed by atoms with Crippen LogP contribution in [0.25, 0.3) is 0 Å². The maximum atomic E-state index is 11.5. The Labute approximate surface area is 144 Å². The Bertz CT molecular complexity index is 274. The van der Waals surface area contributed by atoms with Gasteiger partial charge in [-0.1, -0.05) is 27.2 Å². The van der Waals surface area contributed by atoms with Gasteiger partial charge in [-0.25, -0.2) is 0 Å². The van der Waals surface area contributed by atoms with Gasteiger partial charge in [-0.05, 0) is 13.5 Å². The average Bonchev–Trinajstić information content (AvgIpc) is 2.64. The molecule has 0 spiro atoms. The number of hydrogen-bond donors (Lipinski definition) is 7. The first-order valence-corrected chi connectivity index (χ1v) is 8.15. The minimum absolute atomic E-state index is 0.178. The lowest BCUT2D eigenvalue weighted by Crippen LogP contribution is -2.49. The molecule has 0 aliphatic rings. The molecule has 0 bridgehead atoms. The first kappa shape index (κ1) is 27.6. The molecule has 9 nitrogen and oxygen atoms in total. The molecule has 0 fully saturated rings. The molecule has 0 aromatic carbocycles. The molecule has 1 atom stereocenters. The summed E-state index contributed by atoms with van der Waals surface area (Å²) in [6.45, 7) is 5.05. The second kappa shape index (κ2) is 21.7. The van der Waals surface area contributed by atoms with Crippen molar-refractivity contribution in [2.24, 2.45) is 0 Å². The highest BCUT2D eigenvalue weighted by atomic mass is 16.3. The van der Waals surface area contributed by atoms with Gasteiger partial charge >= 0.3 is 0 Å². The molecule has 0 aliphatic heterocycles. The van der Waals surface area contributed by atoms with Crippen LogP contribution in [0.15, 0.2) is 0 Å². The number of likely N-dealkylation sites (N-methyl/N-ethyl adjacent to an activating group) is 1. The van der Waals surface area contributed by atoms with Gasteiger partial charge in [0.25, 0.3) is 0 Å². The highest BCUT2D eigenvalue weighted by molar-refractivity contribution is 5.81. The van der Waals surface area contributed by atoms with E-state index in [-0.39, 0.29) is 38.4 Å². The maximum absolute atomic E-state index is 11.5. The molecule has 0 heterocycles. The van der Waals surface area contributed by atoms with Crippen LogP contribution in [-0.2, 0) is 9.59 Å². The first-order valence-electron chi connectivity index (χ1n) is 8.15. The summed E-state index contributed by atoms with van der Waals surface area (Å²) in [7, 11) is 1.72. The molecule has 146 valence electrons. The Morgan fingerprint density at radius 1 is 1.00 bits per heavy atom. The number of aliphatic hydroxyl groups excluding tert-OH is 4. The van der Waals surface area contributed by atoms with E-state index in [0.717, 1.165) is 12.8 Å². The number of rotatable bonds is 11. The molecule has 7 N–H and O–H groups in total. The minimum atomic E-state index is -0.560. The standard InChI is InChI=1S/C9H20N2O3.C4H9NO3.C2H6/c1-3-4-8(10-2)9(14)11-7(5-12)6-13;6-1-4(2-7)5-3-8;1-2/h7-8,10,12-13H,3-6H2,1-2H3,(H,11,14);3-4,6-7H,1-2H2,(H,5,8);1-2H3. The zero-order chi connectivity index (χ0) is 19.4. The van der Waals surface area contributed by atoms with E-state index >= 15 is 0 Å². The van der Waals surface area contributed by atoms with Gasteiger partial charge in [-0.15, -0.1) is 0 Å². The fourth-order valence-electron chi connectivity index (χ4n) is 1.41. The fourth-order valence-corrected chi connectivity index (χ4v) is 1.41. The molecule has 9 heteroatoms. The molecule has 2 amide bonds. The Morgan fingerprint density at radius 3 is 1.71 bits per heavy atom. The Morgan fingerprint density at radius 2 is 1.46 bits per heavy atom. The number of nitrogens with one attached hydrogen (secondary N) is 3. The quantitative estimate of drug-likeness (QED) is 0.211. The molecule has 0 aromatic rings. The second-order valence-electron chi connectivity index (χ2n) is 4.55. The van der Waals surface area contributed by atoms with Crippen molar-refractivity contribution >= 4 is 12.3 Å². The van der Waals surface area contributed by atoms with E-state index in [4.69, 9.17) is 20.4 Å². The predicted octanol–water partition coefficient (Wildman–Crippen LogP) is -2.04. The van der Waals surface area contributed by atoms with Crippen LogP contribution in [0.2, 0.25) is 0 Å². The molecule has 0 radical (unpaired) electrons. The Balaban J connectivity index is -0.000000374. The summed E-state index contributed by atoms with van der Waals surface area (Å²) < 4.78 is 0. The van der Waals surface area contributed by atoms with Gasteiger partial charge in [0.2, 0.25) is 12.3 Å². The smallest absolute Gasteiger partial charge is 0.237 e. The largest absolute Gasteiger partial charge is 0.394 e. The van der Waals surface area contributed by atoms with Crippen molar-refractivity contribution in [3.63, 3.8) is 0 Å². The summed E-state index contributed by atoms with van der Waals surface area (Å²) >= 11 is 0. The maximum Gasteiger partial charge on any atom is 0.237 e. The summed E-state index contributed by atoms with van der Waals surface area (Å²) in [6, 6.07) is -1.32. The van der Waals surface area contributed by atoms with E-state index in [2.05, 4.69) is 16.0 Å². The van der Waals surface area contributed by atoms with Crippen LogP contribution >= 0.6 is 0 Å².